The third-order valence-corrected chi connectivity index (χ3v) is 8.94. The second-order valence-electron chi connectivity index (χ2n) is 9.17. The van der Waals surface area contributed by atoms with E-state index < -0.39 is 0 Å². The van der Waals surface area contributed by atoms with Gasteiger partial charge in [0.05, 0.1) is 27.5 Å². The first kappa shape index (κ1) is 28.7. The van der Waals surface area contributed by atoms with Crippen LogP contribution in [0.15, 0.2) is 58.9 Å². The summed E-state index contributed by atoms with van der Waals surface area (Å²) >= 11 is 4.13. The highest BCUT2D eigenvalue weighted by Gasteiger charge is 2.12. The van der Waals surface area contributed by atoms with Crippen LogP contribution in [-0.2, 0) is 14.4 Å². The number of carbonyl (C=O) groups is 3. The number of amides is 3. The van der Waals surface area contributed by atoms with Crippen LogP contribution in [0.3, 0.4) is 0 Å². The molecule has 39 heavy (non-hydrogen) atoms. The minimum atomic E-state index is -0.179. The highest BCUT2D eigenvalue weighted by atomic mass is 32.2. The molecule has 0 fully saturated rings. The molecule has 0 unspecified atom stereocenters. The maximum Gasteiger partial charge on any atom is 0.234 e. The van der Waals surface area contributed by atoms with Crippen LogP contribution in [0.5, 0.6) is 0 Å². The summed E-state index contributed by atoms with van der Waals surface area (Å²) in [4.78, 5) is 41.8. The molecule has 0 aliphatic rings. The van der Waals surface area contributed by atoms with Gasteiger partial charge in [-0.25, -0.2) is 4.98 Å². The maximum atomic E-state index is 12.4. The molecular weight excluding hydrogens is 549 g/mol. The summed E-state index contributed by atoms with van der Waals surface area (Å²) in [6.07, 6.45) is 0. The van der Waals surface area contributed by atoms with E-state index in [2.05, 4.69) is 20.9 Å². The molecule has 3 aromatic carbocycles. The van der Waals surface area contributed by atoms with Crippen molar-refractivity contribution in [1.82, 2.24) is 4.98 Å². The number of benzene rings is 3. The molecule has 0 aliphatic carbocycles. The Bertz CT molecular complexity index is 1510. The van der Waals surface area contributed by atoms with Crippen LogP contribution in [0.25, 0.3) is 10.2 Å². The summed E-state index contributed by atoms with van der Waals surface area (Å²) in [7, 11) is 0. The molecule has 7 nitrogen and oxygen atoms in total. The average molecular weight is 579 g/mol. The van der Waals surface area contributed by atoms with Crippen LogP contribution >= 0.6 is 34.9 Å². The maximum absolute atomic E-state index is 12.4. The first-order valence-electron chi connectivity index (χ1n) is 12.3. The van der Waals surface area contributed by atoms with Crippen molar-refractivity contribution >= 4 is 79.9 Å². The Morgan fingerprint density at radius 3 is 2.18 bits per heavy atom. The molecule has 202 valence electrons. The smallest absolute Gasteiger partial charge is 0.234 e. The van der Waals surface area contributed by atoms with Gasteiger partial charge in [-0.1, -0.05) is 47.7 Å². The van der Waals surface area contributed by atoms with Gasteiger partial charge in [0, 0.05) is 17.1 Å². The van der Waals surface area contributed by atoms with Crippen LogP contribution in [0.1, 0.15) is 22.3 Å². The lowest BCUT2D eigenvalue weighted by molar-refractivity contribution is -0.114. The Kier molecular flexibility index (Phi) is 9.66. The number of fused-ring (bicyclic) bond motifs is 1. The third kappa shape index (κ3) is 8.08. The molecule has 4 rings (SSSR count). The van der Waals surface area contributed by atoms with E-state index in [4.69, 9.17) is 0 Å². The third-order valence-electron chi connectivity index (χ3n) is 5.85. The highest BCUT2D eigenvalue weighted by Crippen LogP contribution is 2.31. The zero-order chi connectivity index (χ0) is 27.9. The Balaban J connectivity index is 1.24. The molecule has 3 amide bonds. The molecule has 0 spiro atoms. The van der Waals surface area contributed by atoms with Gasteiger partial charge in [-0.3, -0.25) is 14.4 Å². The second-order valence-corrected chi connectivity index (χ2v) is 12.4. The number of nitrogens with one attached hydrogen (secondary N) is 3. The molecule has 1 heterocycles. The van der Waals surface area contributed by atoms with Gasteiger partial charge in [0.25, 0.3) is 0 Å². The largest absolute Gasteiger partial charge is 0.325 e. The van der Waals surface area contributed by atoms with Crippen LogP contribution < -0.4 is 16.0 Å². The Morgan fingerprint density at radius 1 is 0.769 bits per heavy atom. The van der Waals surface area contributed by atoms with Gasteiger partial charge in [0.1, 0.15) is 0 Å². The summed E-state index contributed by atoms with van der Waals surface area (Å²) in [6, 6.07) is 17.3. The van der Waals surface area contributed by atoms with E-state index >= 15 is 0 Å². The van der Waals surface area contributed by atoms with Gasteiger partial charge >= 0.3 is 0 Å². The number of aryl methyl sites for hydroxylation is 4. The number of carbonyl (C=O) groups excluding carboxylic acids is 3. The predicted octanol–water partition coefficient (Wildman–Crippen LogP) is 6.57. The van der Waals surface area contributed by atoms with Crippen molar-refractivity contribution in [2.45, 2.75) is 32.0 Å². The van der Waals surface area contributed by atoms with Crippen LogP contribution in [-0.4, -0.2) is 40.0 Å². The number of nitrogens with zero attached hydrogens (tertiary/aromatic N) is 1. The number of rotatable bonds is 10. The van der Waals surface area contributed by atoms with Crippen molar-refractivity contribution in [3.8, 4) is 0 Å². The number of para-hydroxylation sites is 1. The standard InChI is InChI=1S/C29H30N4O3S3/c1-17-8-10-22(20(4)12-17)31-27(36)16-38-29-32-23-11-9-21(13-24(23)39-29)30-25(34)14-37-15-26(35)33-28-18(2)6-5-7-19(28)3/h5-13H,14-16H2,1-4H3,(H,30,34)(H,31,36)(H,33,35). The quantitative estimate of drug-likeness (QED) is 0.184. The normalized spacial score (nSPS) is 10.9. The number of aromatic nitrogens is 1. The Morgan fingerprint density at radius 2 is 1.46 bits per heavy atom. The van der Waals surface area contributed by atoms with E-state index in [1.165, 1.54) is 34.9 Å². The van der Waals surface area contributed by atoms with Gasteiger partial charge < -0.3 is 16.0 Å². The molecule has 10 heteroatoms. The fraction of sp³-hybridized carbons (Fsp3) is 0.241. The first-order chi connectivity index (χ1) is 18.7. The molecule has 3 N–H and O–H groups in total. The van der Waals surface area contributed by atoms with Crippen molar-refractivity contribution in [3.63, 3.8) is 0 Å². The van der Waals surface area contributed by atoms with Crippen molar-refractivity contribution in [3.05, 3.63) is 76.9 Å². The Hall–Kier alpha value is -3.34. The zero-order valence-electron chi connectivity index (χ0n) is 22.2. The van der Waals surface area contributed by atoms with E-state index in [1.807, 2.05) is 76.2 Å². The molecule has 0 saturated heterocycles. The van der Waals surface area contributed by atoms with Gasteiger partial charge in [-0.15, -0.1) is 23.1 Å². The summed E-state index contributed by atoms with van der Waals surface area (Å²) in [5.41, 5.74) is 7.31. The lowest BCUT2D eigenvalue weighted by Crippen LogP contribution is -2.19. The van der Waals surface area contributed by atoms with Crippen molar-refractivity contribution in [2.75, 3.05) is 33.2 Å². The highest BCUT2D eigenvalue weighted by molar-refractivity contribution is 8.01. The minimum absolute atomic E-state index is 0.0839. The molecule has 0 aliphatic heterocycles. The lowest BCUT2D eigenvalue weighted by Gasteiger charge is -2.11. The monoisotopic (exact) mass is 578 g/mol. The summed E-state index contributed by atoms with van der Waals surface area (Å²) in [5, 5.41) is 8.78. The fourth-order valence-electron chi connectivity index (χ4n) is 3.93. The van der Waals surface area contributed by atoms with Crippen LogP contribution in [0.4, 0.5) is 17.1 Å². The molecule has 4 aromatic rings. The van der Waals surface area contributed by atoms with Crippen molar-refractivity contribution in [2.24, 2.45) is 0 Å². The summed E-state index contributed by atoms with van der Waals surface area (Å²) in [6.45, 7) is 7.90. The van der Waals surface area contributed by atoms with Gasteiger partial charge in [-0.05, 0) is 68.7 Å². The number of hydrogen-bond acceptors (Lipinski definition) is 7. The minimum Gasteiger partial charge on any atom is -0.325 e. The van der Waals surface area contributed by atoms with Crippen LogP contribution in [0, 0.1) is 27.7 Å². The van der Waals surface area contributed by atoms with Gasteiger partial charge in [-0.2, -0.15) is 0 Å². The molecule has 0 saturated carbocycles. The molecule has 1 aromatic heterocycles. The van der Waals surface area contributed by atoms with Gasteiger partial charge in [0.15, 0.2) is 4.34 Å². The average Bonchev–Trinajstić information content (AvgIpc) is 3.29. The zero-order valence-corrected chi connectivity index (χ0v) is 24.7. The molecule has 0 atom stereocenters. The van der Waals surface area contributed by atoms with Crippen LogP contribution in [0.2, 0.25) is 0 Å². The van der Waals surface area contributed by atoms with Crippen molar-refractivity contribution < 1.29 is 14.4 Å². The SMILES string of the molecule is Cc1ccc(NC(=O)CSc2nc3ccc(NC(=O)CSCC(=O)Nc4c(C)cccc4C)cc3s2)c(C)c1. The van der Waals surface area contributed by atoms with E-state index in [1.54, 1.807) is 6.07 Å². The summed E-state index contributed by atoms with van der Waals surface area (Å²) < 4.78 is 1.71. The molecule has 0 radical (unpaired) electrons. The first-order valence-corrected chi connectivity index (χ1v) is 15.3. The number of thioether (sulfide) groups is 2. The Labute approximate surface area is 240 Å². The topological polar surface area (TPSA) is 100 Å². The number of hydrogen-bond donors (Lipinski definition) is 3. The molecule has 0 bridgehead atoms. The molecular formula is C29H30N4O3S3. The summed E-state index contributed by atoms with van der Waals surface area (Å²) in [5.74, 6) is 0.208. The second kappa shape index (κ2) is 13.1. The number of anilines is 3. The van der Waals surface area contributed by atoms with E-state index in [0.29, 0.717) is 5.69 Å². The van der Waals surface area contributed by atoms with E-state index in [-0.39, 0.29) is 35.0 Å². The number of thiazole rings is 1. The lowest BCUT2D eigenvalue weighted by atomic mass is 10.1. The van der Waals surface area contributed by atoms with E-state index in [0.717, 1.165) is 48.2 Å². The predicted molar refractivity (Wildman–Crippen MR) is 165 cm³/mol. The van der Waals surface area contributed by atoms with Gasteiger partial charge in [0.2, 0.25) is 17.7 Å². The fourth-order valence-corrected chi connectivity index (χ4v) is 6.46. The van der Waals surface area contributed by atoms with E-state index in [9.17, 15) is 14.4 Å². The van der Waals surface area contributed by atoms with Crippen molar-refractivity contribution in [1.29, 1.82) is 0 Å².